The van der Waals surface area contributed by atoms with Crippen molar-refractivity contribution in [3.63, 3.8) is 0 Å². The van der Waals surface area contributed by atoms with E-state index in [2.05, 4.69) is 16.9 Å². The second-order valence-corrected chi connectivity index (χ2v) is 5.16. The number of ether oxygens (including phenoxy) is 1. The van der Waals surface area contributed by atoms with E-state index in [1.54, 1.807) is 6.92 Å². The van der Waals surface area contributed by atoms with Crippen LogP contribution in [0.1, 0.15) is 31.9 Å². The van der Waals surface area contributed by atoms with Gasteiger partial charge in [-0.3, -0.25) is 9.59 Å². The first kappa shape index (κ1) is 14.8. The number of esters is 1. The van der Waals surface area contributed by atoms with Crippen LogP contribution >= 0.6 is 11.8 Å². The van der Waals surface area contributed by atoms with Gasteiger partial charge < -0.3 is 9.72 Å². The number of aromatic amines is 1. The Bertz CT molecular complexity index is 459. The number of unbranched alkanes of at least 4 members (excludes halogenated alkanes) is 1. The van der Waals surface area contributed by atoms with E-state index in [1.165, 1.54) is 24.9 Å². The molecule has 1 unspecified atom stereocenters. The highest BCUT2D eigenvalue weighted by molar-refractivity contribution is 8.00. The zero-order valence-corrected chi connectivity index (χ0v) is 11.7. The molecule has 1 heterocycles. The van der Waals surface area contributed by atoms with Crippen LogP contribution in [0.3, 0.4) is 0 Å². The van der Waals surface area contributed by atoms with Gasteiger partial charge in [0.2, 0.25) is 0 Å². The summed E-state index contributed by atoms with van der Waals surface area (Å²) >= 11 is 1.25. The van der Waals surface area contributed by atoms with E-state index in [0.29, 0.717) is 17.3 Å². The first-order chi connectivity index (χ1) is 8.56. The summed E-state index contributed by atoms with van der Waals surface area (Å²) in [4.78, 5) is 29.8. The number of thioether (sulfide) groups is 1. The van der Waals surface area contributed by atoms with Crippen LogP contribution in [0.2, 0.25) is 0 Å². The summed E-state index contributed by atoms with van der Waals surface area (Å²) in [5.41, 5.74) is 0.435. The lowest BCUT2D eigenvalue weighted by molar-refractivity contribution is -0.140. The minimum absolute atomic E-state index is 0.205. The molecule has 0 fully saturated rings. The van der Waals surface area contributed by atoms with E-state index in [9.17, 15) is 9.59 Å². The average Bonchev–Trinajstić information content (AvgIpc) is 2.32. The molecular formula is C12H18N2O3S. The van der Waals surface area contributed by atoms with Gasteiger partial charge in [-0.15, -0.1) is 0 Å². The van der Waals surface area contributed by atoms with E-state index in [-0.39, 0.29) is 16.8 Å². The minimum Gasteiger partial charge on any atom is -0.468 e. The normalized spacial score (nSPS) is 12.2. The fraction of sp³-hybridized carbons (Fsp3) is 0.583. The van der Waals surface area contributed by atoms with Crippen molar-refractivity contribution in [1.29, 1.82) is 0 Å². The monoisotopic (exact) mass is 270 g/mol. The number of nitrogens with one attached hydrogen (secondary N) is 1. The lowest BCUT2D eigenvalue weighted by Gasteiger charge is -2.12. The number of aryl methyl sites for hydroxylation is 1. The molecule has 6 heteroatoms. The first-order valence-electron chi connectivity index (χ1n) is 5.89. The van der Waals surface area contributed by atoms with Crippen LogP contribution < -0.4 is 5.56 Å². The van der Waals surface area contributed by atoms with Crippen LogP contribution in [0.15, 0.2) is 16.0 Å². The molecule has 0 amide bonds. The fourth-order valence-corrected chi connectivity index (χ4v) is 2.59. The van der Waals surface area contributed by atoms with Gasteiger partial charge in [0.1, 0.15) is 5.25 Å². The Labute approximate surface area is 110 Å². The topological polar surface area (TPSA) is 72.0 Å². The molecule has 0 bridgehead atoms. The number of methoxy groups -OCH3 is 1. The predicted molar refractivity (Wildman–Crippen MR) is 70.8 cm³/mol. The van der Waals surface area contributed by atoms with Crippen LogP contribution in [0, 0.1) is 6.92 Å². The maximum atomic E-state index is 11.6. The molecule has 0 spiro atoms. The molecular weight excluding hydrogens is 252 g/mol. The highest BCUT2D eigenvalue weighted by atomic mass is 32.2. The number of hydrogen-bond acceptors (Lipinski definition) is 5. The van der Waals surface area contributed by atoms with Crippen LogP contribution in [0.4, 0.5) is 0 Å². The molecule has 18 heavy (non-hydrogen) atoms. The lowest BCUT2D eigenvalue weighted by atomic mass is 10.2. The second kappa shape index (κ2) is 7.20. The highest BCUT2D eigenvalue weighted by Gasteiger charge is 2.21. The summed E-state index contributed by atoms with van der Waals surface area (Å²) in [6.07, 6.45) is 2.65. The third kappa shape index (κ3) is 4.52. The number of aromatic nitrogens is 2. The van der Waals surface area contributed by atoms with Gasteiger partial charge in [0.15, 0.2) is 5.16 Å². The molecule has 0 aliphatic heterocycles. The maximum Gasteiger partial charge on any atom is 0.319 e. The standard InChI is InChI=1S/C12H18N2O3S/c1-4-5-6-9(11(16)17-3)18-12-13-8(2)7-10(15)14-12/h7,9H,4-6H2,1-3H3,(H,13,14,15). The van der Waals surface area contributed by atoms with E-state index in [4.69, 9.17) is 4.74 Å². The zero-order valence-electron chi connectivity index (χ0n) is 10.9. The van der Waals surface area contributed by atoms with Gasteiger partial charge in [0.05, 0.1) is 7.11 Å². The number of carbonyl (C=O) groups excluding carboxylic acids is 1. The predicted octanol–water partition coefficient (Wildman–Crippen LogP) is 1.90. The van der Waals surface area contributed by atoms with Crippen molar-refractivity contribution in [2.24, 2.45) is 0 Å². The van der Waals surface area contributed by atoms with Gasteiger partial charge in [0.25, 0.3) is 5.56 Å². The van der Waals surface area contributed by atoms with Crippen molar-refractivity contribution in [2.75, 3.05) is 7.11 Å². The van der Waals surface area contributed by atoms with Crippen molar-refractivity contribution in [3.8, 4) is 0 Å². The summed E-state index contributed by atoms with van der Waals surface area (Å²) in [7, 11) is 1.37. The summed E-state index contributed by atoms with van der Waals surface area (Å²) in [6.45, 7) is 3.81. The fourth-order valence-electron chi connectivity index (χ4n) is 1.49. The molecule has 5 nitrogen and oxygen atoms in total. The summed E-state index contributed by atoms with van der Waals surface area (Å²) in [6, 6.07) is 1.42. The first-order valence-corrected chi connectivity index (χ1v) is 6.77. The quantitative estimate of drug-likeness (QED) is 0.485. The van der Waals surface area contributed by atoms with Gasteiger partial charge in [-0.25, -0.2) is 4.98 Å². The van der Waals surface area contributed by atoms with E-state index in [0.717, 1.165) is 12.8 Å². The molecule has 1 aromatic rings. The van der Waals surface area contributed by atoms with Gasteiger partial charge >= 0.3 is 5.97 Å². The molecule has 1 aromatic heterocycles. The summed E-state index contributed by atoms with van der Waals surface area (Å²) < 4.78 is 4.76. The van der Waals surface area contributed by atoms with Gasteiger partial charge in [-0.1, -0.05) is 31.5 Å². The van der Waals surface area contributed by atoms with Crippen molar-refractivity contribution >= 4 is 17.7 Å². The Morgan fingerprint density at radius 2 is 2.33 bits per heavy atom. The van der Waals surface area contributed by atoms with Gasteiger partial charge in [-0.05, 0) is 13.3 Å². The third-order valence-corrected chi connectivity index (χ3v) is 3.52. The van der Waals surface area contributed by atoms with Gasteiger partial charge in [0, 0.05) is 11.8 Å². The maximum absolute atomic E-state index is 11.6. The van der Waals surface area contributed by atoms with Crippen LogP contribution in [0.5, 0.6) is 0 Å². The number of carbonyl (C=O) groups is 1. The molecule has 0 aromatic carbocycles. The summed E-state index contributed by atoms with van der Waals surface area (Å²) in [5.74, 6) is -0.280. The number of rotatable bonds is 6. The molecule has 0 saturated heterocycles. The molecule has 0 aliphatic carbocycles. The minimum atomic E-state index is -0.320. The van der Waals surface area contributed by atoms with Crippen LogP contribution in [0.25, 0.3) is 0 Å². The molecule has 100 valence electrons. The summed E-state index contributed by atoms with van der Waals surface area (Å²) in [5, 5.41) is 0.145. The van der Waals surface area contributed by atoms with Crippen molar-refractivity contribution in [2.45, 2.75) is 43.5 Å². The third-order valence-electron chi connectivity index (χ3n) is 2.39. The van der Waals surface area contributed by atoms with E-state index < -0.39 is 0 Å². The molecule has 0 saturated carbocycles. The molecule has 1 rings (SSSR count). The Morgan fingerprint density at radius 1 is 1.61 bits per heavy atom. The van der Waals surface area contributed by atoms with Crippen LogP contribution in [-0.4, -0.2) is 28.3 Å². The molecule has 1 N–H and O–H groups in total. The Kier molecular flexibility index (Phi) is 5.91. The highest BCUT2D eigenvalue weighted by Crippen LogP contribution is 2.24. The zero-order chi connectivity index (χ0) is 13.5. The smallest absolute Gasteiger partial charge is 0.319 e. The molecule has 0 aliphatic rings. The largest absolute Gasteiger partial charge is 0.468 e. The lowest BCUT2D eigenvalue weighted by Crippen LogP contribution is -2.20. The van der Waals surface area contributed by atoms with E-state index >= 15 is 0 Å². The average molecular weight is 270 g/mol. The number of nitrogens with zero attached hydrogens (tertiary/aromatic N) is 1. The second-order valence-electron chi connectivity index (χ2n) is 3.96. The number of H-pyrrole nitrogens is 1. The van der Waals surface area contributed by atoms with Crippen molar-refractivity contribution in [3.05, 3.63) is 22.1 Å². The van der Waals surface area contributed by atoms with E-state index in [1.807, 2.05) is 0 Å². The molecule has 1 atom stereocenters. The van der Waals surface area contributed by atoms with Crippen LogP contribution in [-0.2, 0) is 9.53 Å². The van der Waals surface area contributed by atoms with Crippen molar-refractivity contribution < 1.29 is 9.53 Å². The molecule has 0 radical (unpaired) electrons. The SMILES string of the molecule is CCCCC(Sc1nc(C)cc(=O)[nH]1)C(=O)OC. The Morgan fingerprint density at radius 3 is 2.89 bits per heavy atom. The van der Waals surface area contributed by atoms with Gasteiger partial charge in [-0.2, -0.15) is 0 Å². The Hall–Kier alpha value is -1.30. The Balaban J connectivity index is 2.81. The number of hydrogen-bond donors (Lipinski definition) is 1. The van der Waals surface area contributed by atoms with Crippen molar-refractivity contribution in [1.82, 2.24) is 9.97 Å².